The molecule has 116 valence electrons. The van der Waals surface area contributed by atoms with Gasteiger partial charge >= 0.3 is 0 Å². The highest BCUT2D eigenvalue weighted by Crippen LogP contribution is 2.25. The van der Waals surface area contributed by atoms with E-state index in [1.165, 1.54) is 0 Å². The summed E-state index contributed by atoms with van der Waals surface area (Å²) in [5, 5.41) is 0. The first-order chi connectivity index (χ1) is 9.99. The number of piperidine rings is 1. The maximum absolute atomic E-state index is 11.8. The fourth-order valence-corrected chi connectivity index (χ4v) is 2.75. The zero-order valence-electron chi connectivity index (χ0n) is 13.6. The molecular formula is C16H26N4O. The Hall–Kier alpha value is -1.65. The van der Waals surface area contributed by atoms with Gasteiger partial charge in [0.05, 0.1) is 0 Å². The molecule has 0 saturated carbocycles. The molecular weight excluding hydrogens is 264 g/mol. The second kappa shape index (κ2) is 6.87. The Kier molecular flexibility index (Phi) is 5.15. The number of carbonyl (C=O) groups excluding carboxylic acids is 1. The number of hydrogen-bond donors (Lipinski definition) is 0. The van der Waals surface area contributed by atoms with Gasteiger partial charge in [-0.3, -0.25) is 4.79 Å². The molecule has 0 aliphatic carbocycles. The average molecular weight is 290 g/mol. The van der Waals surface area contributed by atoms with Gasteiger partial charge in [-0.05, 0) is 32.1 Å². The predicted molar refractivity (Wildman–Crippen MR) is 84.4 cm³/mol. The van der Waals surface area contributed by atoms with Crippen molar-refractivity contribution >= 4 is 11.7 Å². The first kappa shape index (κ1) is 15.7. The summed E-state index contributed by atoms with van der Waals surface area (Å²) in [5.41, 5.74) is 1.10. The second-order valence-corrected chi connectivity index (χ2v) is 6.04. The highest BCUT2D eigenvalue weighted by atomic mass is 16.2. The largest absolute Gasteiger partial charge is 0.356 e. The number of rotatable bonds is 4. The Morgan fingerprint density at radius 1 is 1.33 bits per heavy atom. The Morgan fingerprint density at radius 3 is 2.57 bits per heavy atom. The van der Waals surface area contributed by atoms with Crippen molar-refractivity contribution in [3.05, 3.63) is 17.6 Å². The molecule has 0 radical (unpaired) electrons. The van der Waals surface area contributed by atoms with Gasteiger partial charge in [0.1, 0.15) is 11.6 Å². The number of amides is 1. The molecule has 2 heterocycles. The van der Waals surface area contributed by atoms with Crippen molar-refractivity contribution < 1.29 is 4.79 Å². The van der Waals surface area contributed by atoms with Crippen LogP contribution in [-0.4, -0.2) is 48.0 Å². The van der Waals surface area contributed by atoms with Crippen LogP contribution in [0.2, 0.25) is 0 Å². The molecule has 0 atom stereocenters. The van der Waals surface area contributed by atoms with Crippen LogP contribution in [0.3, 0.4) is 0 Å². The van der Waals surface area contributed by atoms with Crippen molar-refractivity contribution in [3.8, 4) is 0 Å². The summed E-state index contributed by atoms with van der Waals surface area (Å²) >= 11 is 0. The third-order valence-electron chi connectivity index (χ3n) is 4.14. The molecule has 1 saturated heterocycles. The van der Waals surface area contributed by atoms with Crippen molar-refractivity contribution in [2.45, 2.75) is 39.5 Å². The first-order valence-electron chi connectivity index (χ1n) is 7.79. The Balaban J connectivity index is 1.95. The standard InChI is InChI=1S/C16H26N4O/c1-5-14-11-15(18-12(2)17-14)20-8-6-13(7-9-20)10-16(21)19(3)4/h11,13H,5-10H2,1-4H3. The third-order valence-corrected chi connectivity index (χ3v) is 4.14. The van der Waals surface area contributed by atoms with Crippen LogP contribution >= 0.6 is 0 Å². The molecule has 0 bridgehead atoms. The molecule has 1 aromatic heterocycles. The van der Waals surface area contributed by atoms with Crippen LogP contribution in [0.5, 0.6) is 0 Å². The number of anilines is 1. The summed E-state index contributed by atoms with van der Waals surface area (Å²) in [7, 11) is 3.65. The number of aryl methyl sites for hydroxylation is 2. The van der Waals surface area contributed by atoms with Gasteiger partial charge in [-0.15, -0.1) is 0 Å². The van der Waals surface area contributed by atoms with Crippen molar-refractivity contribution in [2.75, 3.05) is 32.1 Å². The van der Waals surface area contributed by atoms with Crippen LogP contribution < -0.4 is 4.90 Å². The third kappa shape index (κ3) is 4.16. The number of carbonyl (C=O) groups is 1. The number of nitrogens with zero attached hydrogens (tertiary/aromatic N) is 4. The fourth-order valence-electron chi connectivity index (χ4n) is 2.75. The first-order valence-corrected chi connectivity index (χ1v) is 7.79. The zero-order valence-corrected chi connectivity index (χ0v) is 13.6. The van der Waals surface area contributed by atoms with Gasteiger partial charge in [-0.2, -0.15) is 0 Å². The van der Waals surface area contributed by atoms with E-state index in [0.29, 0.717) is 12.3 Å². The van der Waals surface area contributed by atoms with E-state index >= 15 is 0 Å². The van der Waals surface area contributed by atoms with E-state index in [0.717, 1.165) is 49.7 Å². The molecule has 1 aliphatic heterocycles. The van der Waals surface area contributed by atoms with Crippen molar-refractivity contribution in [1.29, 1.82) is 0 Å². The van der Waals surface area contributed by atoms with Crippen LogP contribution in [0.15, 0.2) is 6.07 Å². The lowest BCUT2D eigenvalue weighted by Gasteiger charge is -2.33. The lowest BCUT2D eigenvalue weighted by Crippen LogP contribution is -2.36. The average Bonchev–Trinajstić information content (AvgIpc) is 2.47. The minimum Gasteiger partial charge on any atom is -0.356 e. The zero-order chi connectivity index (χ0) is 15.4. The molecule has 1 fully saturated rings. The lowest BCUT2D eigenvalue weighted by molar-refractivity contribution is -0.129. The van der Waals surface area contributed by atoms with E-state index in [4.69, 9.17) is 0 Å². The summed E-state index contributed by atoms with van der Waals surface area (Å²) in [6.07, 6.45) is 3.72. The fraction of sp³-hybridized carbons (Fsp3) is 0.688. The van der Waals surface area contributed by atoms with E-state index in [-0.39, 0.29) is 5.91 Å². The summed E-state index contributed by atoms with van der Waals surface area (Å²) in [6, 6.07) is 2.10. The van der Waals surface area contributed by atoms with Crippen molar-refractivity contribution in [2.24, 2.45) is 5.92 Å². The maximum atomic E-state index is 11.8. The molecule has 1 aromatic rings. The molecule has 0 aromatic carbocycles. The van der Waals surface area contributed by atoms with Crippen LogP contribution in [0.25, 0.3) is 0 Å². The molecule has 0 unspecified atom stereocenters. The second-order valence-electron chi connectivity index (χ2n) is 6.04. The van der Waals surface area contributed by atoms with E-state index in [1.54, 1.807) is 4.90 Å². The molecule has 5 heteroatoms. The summed E-state index contributed by atoms with van der Waals surface area (Å²) in [5.74, 6) is 2.62. The Morgan fingerprint density at radius 2 is 2.00 bits per heavy atom. The number of hydrogen-bond acceptors (Lipinski definition) is 4. The van der Waals surface area contributed by atoms with Crippen molar-refractivity contribution in [3.63, 3.8) is 0 Å². The molecule has 2 rings (SSSR count). The van der Waals surface area contributed by atoms with Gasteiger partial charge in [0.15, 0.2) is 0 Å². The number of aromatic nitrogens is 2. The van der Waals surface area contributed by atoms with Crippen LogP contribution in [0.1, 0.15) is 37.7 Å². The van der Waals surface area contributed by atoms with Crippen LogP contribution in [0, 0.1) is 12.8 Å². The molecule has 1 aliphatic rings. The highest BCUT2D eigenvalue weighted by Gasteiger charge is 2.23. The van der Waals surface area contributed by atoms with Gasteiger partial charge < -0.3 is 9.80 Å². The SMILES string of the molecule is CCc1cc(N2CCC(CC(=O)N(C)C)CC2)nc(C)n1. The highest BCUT2D eigenvalue weighted by molar-refractivity contribution is 5.75. The van der Waals surface area contributed by atoms with Gasteiger partial charge in [0.2, 0.25) is 5.91 Å². The van der Waals surface area contributed by atoms with E-state index in [1.807, 2.05) is 21.0 Å². The van der Waals surface area contributed by atoms with Crippen LogP contribution in [-0.2, 0) is 11.2 Å². The molecule has 0 N–H and O–H groups in total. The Bertz CT molecular complexity index is 493. The topological polar surface area (TPSA) is 49.3 Å². The van der Waals surface area contributed by atoms with Crippen molar-refractivity contribution in [1.82, 2.24) is 14.9 Å². The van der Waals surface area contributed by atoms with E-state index in [9.17, 15) is 4.79 Å². The predicted octanol–water partition coefficient (Wildman–Crippen LogP) is 2.04. The van der Waals surface area contributed by atoms with Gasteiger partial charge in [0, 0.05) is 45.4 Å². The van der Waals surface area contributed by atoms with E-state index in [2.05, 4.69) is 27.9 Å². The maximum Gasteiger partial charge on any atom is 0.222 e. The van der Waals surface area contributed by atoms with Gasteiger partial charge in [-0.25, -0.2) is 9.97 Å². The molecule has 5 nitrogen and oxygen atoms in total. The molecule has 0 spiro atoms. The van der Waals surface area contributed by atoms with Crippen LogP contribution in [0.4, 0.5) is 5.82 Å². The lowest BCUT2D eigenvalue weighted by atomic mass is 9.93. The molecule has 1 amide bonds. The quantitative estimate of drug-likeness (QED) is 0.851. The van der Waals surface area contributed by atoms with Gasteiger partial charge in [-0.1, -0.05) is 6.92 Å². The summed E-state index contributed by atoms with van der Waals surface area (Å²) in [6.45, 7) is 6.02. The summed E-state index contributed by atoms with van der Waals surface area (Å²) < 4.78 is 0. The monoisotopic (exact) mass is 290 g/mol. The normalized spacial score (nSPS) is 16.1. The van der Waals surface area contributed by atoms with Gasteiger partial charge in [0.25, 0.3) is 0 Å². The molecule has 21 heavy (non-hydrogen) atoms. The smallest absolute Gasteiger partial charge is 0.222 e. The minimum atomic E-state index is 0.236. The van der Waals surface area contributed by atoms with E-state index < -0.39 is 0 Å². The Labute approximate surface area is 127 Å². The summed E-state index contributed by atoms with van der Waals surface area (Å²) in [4.78, 5) is 24.8. The minimum absolute atomic E-state index is 0.236.